The third-order valence-corrected chi connectivity index (χ3v) is 6.99. The predicted octanol–water partition coefficient (Wildman–Crippen LogP) is 4.81. The summed E-state index contributed by atoms with van der Waals surface area (Å²) in [6.45, 7) is 3.18. The molecule has 0 aliphatic rings. The van der Waals surface area contributed by atoms with Crippen LogP contribution in [0.1, 0.15) is 11.1 Å². The van der Waals surface area contributed by atoms with Crippen molar-refractivity contribution in [3.05, 3.63) is 76.8 Å². The summed E-state index contributed by atoms with van der Waals surface area (Å²) >= 11 is 6.14. The van der Waals surface area contributed by atoms with Crippen molar-refractivity contribution in [3.63, 3.8) is 0 Å². The first-order valence-electron chi connectivity index (χ1n) is 10.0. The minimum absolute atomic E-state index is 0.0215. The van der Waals surface area contributed by atoms with E-state index >= 15 is 0 Å². The Morgan fingerprint density at radius 3 is 2.24 bits per heavy atom. The van der Waals surface area contributed by atoms with Gasteiger partial charge >= 0.3 is 0 Å². The van der Waals surface area contributed by atoms with Gasteiger partial charge in [0.2, 0.25) is 5.91 Å². The van der Waals surface area contributed by atoms with Crippen LogP contribution in [0.25, 0.3) is 0 Å². The third-order valence-electron chi connectivity index (χ3n) is 4.90. The summed E-state index contributed by atoms with van der Waals surface area (Å²) in [5, 5.41) is 3.02. The molecule has 0 heterocycles. The SMILES string of the molecule is COc1ccc(NC(=O)CN(c2cccc(C)c2)S(=O)(=O)c2cc(C)ccc2OC)cc1Cl. The Morgan fingerprint density at radius 2 is 1.61 bits per heavy atom. The third kappa shape index (κ3) is 5.58. The zero-order chi connectivity index (χ0) is 24.2. The normalized spacial score (nSPS) is 11.1. The topological polar surface area (TPSA) is 84.9 Å². The summed E-state index contributed by atoms with van der Waals surface area (Å²) in [6.07, 6.45) is 0. The van der Waals surface area contributed by atoms with Crippen LogP contribution in [-0.2, 0) is 14.8 Å². The number of halogens is 1. The summed E-state index contributed by atoms with van der Waals surface area (Å²) in [5.41, 5.74) is 2.38. The minimum atomic E-state index is -4.14. The van der Waals surface area contributed by atoms with Crippen LogP contribution < -0.4 is 19.1 Å². The fourth-order valence-corrected chi connectivity index (χ4v) is 5.19. The molecule has 33 heavy (non-hydrogen) atoms. The van der Waals surface area contributed by atoms with Crippen LogP contribution in [0.15, 0.2) is 65.6 Å². The van der Waals surface area contributed by atoms with Gasteiger partial charge in [-0.15, -0.1) is 0 Å². The van der Waals surface area contributed by atoms with Gasteiger partial charge in [0.25, 0.3) is 10.0 Å². The van der Waals surface area contributed by atoms with E-state index in [9.17, 15) is 13.2 Å². The largest absolute Gasteiger partial charge is 0.495 e. The lowest BCUT2D eigenvalue weighted by atomic mass is 10.2. The molecule has 0 saturated carbocycles. The first kappa shape index (κ1) is 24.4. The molecule has 7 nitrogen and oxygen atoms in total. The number of hydrogen-bond acceptors (Lipinski definition) is 5. The number of sulfonamides is 1. The van der Waals surface area contributed by atoms with E-state index < -0.39 is 22.5 Å². The number of amides is 1. The molecule has 0 aromatic heterocycles. The Morgan fingerprint density at radius 1 is 0.939 bits per heavy atom. The molecule has 174 valence electrons. The van der Waals surface area contributed by atoms with E-state index in [4.69, 9.17) is 21.1 Å². The molecule has 0 aliphatic heterocycles. The monoisotopic (exact) mass is 488 g/mol. The molecule has 1 amide bonds. The van der Waals surface area contributed by atoms with Crippen LogP contribution in [0.2, 0.25) is 5.02 Å². The Balaban J connectivity index is 2.00. The van der Waals surface area contributed by atoms with Gasteiger partial charge in [-0.05, 0) is 67.4 Å². The Kier molecular flexibility index (Phi) is 7.50. The quantitative estimate of drug-likeness (QED) is 0.492. The summed E-state index contributed by atoms with van der Waals surface area (Å²) in [7, 11) is -1.25. The molecular weight excluding hydrogens is 464 g/mol. The lowest BCUT2D eigenvalue weighted by Crippen LogP contribution is -2.38. The Labute approximate surface area is 198 Å². The number of carbonyl (C=O) groups is 1. The fraction of sp³-hybridized carbons (Fsp3) is 0.208. The van der Waals surface area contributed by atoms with Gasteiger partial charge in [-0.2, -0.15) is 0 Å². The summed E-state index contributed by atoms with van der Waals surface area (Å²) in [5.74, 6) is 0.124. The van der Waals surface area contributed by atoms with Gasteiger partial charge in [0.15, 0.2) is 0 Å². The van der Waals surface area contributed by atoms with Gasteiger partial charge in [0, 0.05) is 5.69 Å². The number of carbonyl (C=O) groups excluding carboxylic acids is 1. The second kappa shape index (κ2) is 10.1. The highest BCUT2D eigenvalue weighted by atomic mass is 35.5. The van der Waals surface area contributed by atoms with E-state index in [1.54, 1.807) is 49.4 Å². The van der Waals surface area contributed by atoms with Crippen molar-refractivity contribution >= 4 is 38.9 Å². The lowest BCUT2D eigenvalue weighted by molar-refractivity contribution is -0.114. The van der Waals surface area contributed by atoms with Gasteiger partial charge in [-0.25, -0.2) is 8.42 Å². The molecule has 1 N–H and O–H groups in total. The van der Waals surface area contributed by atoms with Gasteiger partial charge in [0.1, 0.15) is 22.9 Å². The standard InChI is InChI=1S/C24H25ClN2O5S/c1-16-6-5-7-19(12-16)27(33(29,30)23-13-17(2)8-10-22(23)32-4)15-24(28)26-18-9-11-21(31-3)20(25)14-18/h5-14H,15H2,1-4H3,(H,26,28). The van der Waals surface area contributed by atoms with Crippen LogP contribution in [0.5, 0.6) is 11.5 Å². The molecule has 9 heteroatoms. The lowest BCUT2D eigenvalue weighted by Gasteiger charge is -2.25. The van der Waals surface area contributed by atoms with Gasteiger partial charge in [-0.1, -0.05) is 29.8 Å². The van der Waals surface area contributed by atoms with Gasteiger partial charge < -0.3 is 14.8 Å². The number of methoxy groups -OCH3 is 2. The number of rotatable bonds is 8. The van der Waals surface area contributed by atoms with Gasteiger partial charge in [0.05, 0.1) is 24.9 Å². The average molecular weight is 489 g/mol. The maximum absolute atomic E-state index is 13.7. The average Bonchev–Trinajstić information content (AvgIpc) is 2.77. The Hall–Kier alpha value is -3.23. The van der Waals surface area contributed by atoms with Crippen molar-refractivity contribution in [1.29, 1.82) is 0 Å². The van der Waals surface area contributed by atoms with E-state index in [2.05, 4.69) is 5.32 Å². The molecule has 0 atom stereocenters. The first-order chi connectivity index (χ1) is 15.6. The molecule has 0 spiro atoms. The van der Waals surface area contributed by atoms with Crippen molar-refractivity contribution in [2.45, 2.75) is 18.7 Å². The van der Waals surface area contributed by atoms with Crippen molar-refractivity contribution in [2.75, 3.05) is 30.4 Å². The molecule has 3 aromatic carbocycles. The van der Waals surface area contributed by atoms with E-state index in [0.29, 0.717) is 22.1 Å². The molecular formula is C24H25ClN2O5S. The zero-order valence-corrected chi connectivity index (χ0v) is 20.3. The van der Waals surface area contributed by atoms with E-state index in [1.807, 2.05) is 13.0 Å². The predicted molar refractivity (Wildman–Crippen MR) is 130 cm³/mol. The fourth-order valence-electron chi connectivity index (χ4n) is 3.28. The Bertz CT molecular complexity index is 1280. The van der Waals surface area contributed by atoms with Crippen LogP contribution in [0, 0.1) is 13.8 Å². The van der Waals surface area contributed by atoms with E-state index in [1.165, 1.54) is 26.4 Å². The molecule has 0 saturated heterocycles. The number of nitrogens with zero attached hydrogens (tertiary/aromatic N) is 1. The maximum Gasteiger partial charge on any atom is 0.268 e. The second-order valence-corrected chi connectivity index (χ2v) is 9.64. The summed E-state index contributed by atoms with van der Waals surface area (Å²) < 4.78 is 38.9. The highest BCUT2D eigenvalue weighted by Gasteiger charge is 2.30. The van der Waals surface area contributed by atoms with Crippen molar-refractivity contribution in [1.82, 2.24) is 0 Å². The van der Waals surface area contributed by atoms with Gasteiger partial charge in [-0.3, -0.25) is 9.10 Å². The number of hydrogen-bond donors (Lipinski definition) is 1. The smallest absolute Gasteiger partial charge is 0.268 e. The number of benzene rings is 3. The van der Waals surface area contributed by atoms with Crippen molar-refractivity contribution < 1.29 is 22.7 Å². The maximum atomic E-state index is 13.7. The minimum Gasteiger partial charge on any atom is -0.495 e. The first-order valence-corrected chi connectivity index (χ1v) is 11.8. The van der Waals surface area contributed by atoms with Crippen molar-refractivity contribution in [2.24, 2.45) is 0 Å². The van der Waals surface area contributed by atoms with Crippen LogP contribution in [-0.4, -0.2) is 35.1 Å². The van der Waals surface area contributed by atoms with Crippen molar-refractivity contribution in [3.8, 4) is 11.5 Å². The molecule has 0 unspecified atom stereocenters. The summed E-state index contributed by atoms with van der Waals surface area (Å²) in [6, 6.07) is 16.6. The molecule has 3 aromatic rings. The molecule has 0 fully saturated rings. The number of anilines is 2. The zero-order valence-electron chi connectivity index (χ0n) is 18.8. The number of ether oxygens (including phenoxy) is 2. The number of nitrogens with one attached hydrogen (secondary N) is 1. The van der Waals surface area contributed by atoms with Crippen LogP contribution in [0.3, 0.4) is 0 Å². The van der Waals surface area contributed by atoms with E-state index in [0.717, 1.165) is 15.4 Å². The molecule has 0 bridgehead atoms. The highest BCUT2D eigenvalue weighted by Crippen LogP contribution is 2.32. The van der Waals surface area contributed by atoms with Crippen LogP contribution in [0.4, 0.5) is 11.4 Å². The molecule has 3 rings (SSSR count). The second-order valence-electron chi connectivity index (χ2n) is 7.40. The molecule has 0 aliphatic carbocycles. The number of aryl methyl sites for hydroxylation is 2. The van der Waals surface area contributed by atoms with Crippen LogP contribution >= 0.6 is 11.6 Å². The van der Waals surface area contributed by atoms with E-state index in [-0.39, 0.29) is 10.6 Å². The molecule has 0 radical (unpaired) electrons. The summed E-state index contributed by atoms with van der Waals surface area (Å²) in [4.78, 5) is 12.9. The highest BCUT2D eigenvalue weighted by molar-refractivity contribution is 7.93.